The van der Waals surface area contributed by atoms with Crippen molar-refractivity contribution in [1.29, 1.82) is 0 Å². The third kappa shape index (κ3) is 2.49. The van der Waals surface area contributed by atoms with E-state index in [1.54, 1.807) is 0 Å². The summed E-state index contributed by atoms with van der Waals surface area (Å²) in [6.45, 7) is 3.00. The monoisotopic (exact) mass is 279 g/mol. The van der Waals surface area contributed by atoms with E-state index in [2.05, 4.69) is 34.0 Å². The van der Waals surface area contributed by atoms with E-state index < -0.39 is 0 Å². The molecule has 102 valence electrons. The summed E-state index contributed by atoms with van der Waals surface area (Å²) >= 11 is 1.46. The summed E-state index contributed by atoms with van der Waals surface area (Å²) in [7, 11) is 4.21. The third-order valence-electron chi connectivity index (χ3n) is 3.43. The van der Waals surface area contributed by atoms with Crippen LogP contribution in [0.2, 0.25) is 0 Å². The number of piperazine rings is 1. The van der Waals surface area contributed by atoms with Gasteiger partial charge in [0.15, 0.2) is 5.82 Å². The number of hydrogen-bond donors (Lipinski definition) is 1. The highest BCUT2D eigenvalue weighted by atomic mass is 32.1. The molecule has 1 atom stereocenters. The predicted molar refractivity (Wildman–Crippen MR) is 74.9 cm³/mol. The van der Waals surface area contributed by atoms with Crippen molar-refractivity contribution in [2.45, 2.75) is 6.04 Å². The van der Waals surface area contributed by atoms with Gasteiger partial charge in [0.2, 0.25) is 0 Å². The molecule has 2 N–H and O–H groups in total. The van der Waals surface area contributed by atoms with E-state index in [-0.39, 0.29) is 6.04 Å². The Hall–Kier alpha value is -1.44. The van der Waals surface area contributed by atoms with E-state index in [1.165, 1.54) is 11.3 Å². The molecule has 0 saturated carbocycles. The summed E-state index contributed by atoms with van der Waals surface area (Å²) in [5.41, 5.74) is 5.72. The zero-order valence-corrected chi connectivity index (χ0v) is 11.9. The lowest BCUT2D eigenvalue weighted by atomic mass is 10.2. The second-order valence-electron chi connectivity index (χ2n) is 4.92. The van der Waals surface area contributed by atoms with Crippen molar-refractivity contribution in [3.05, 3.63) is 18.0 Å². The Labute approximate surface area is 115 Å². The molecule has 0 aromatic carbocycles. The molecule has 0 aliphatic carbocycles. The van der Waals surface area contributed by atoms with Crippen LogP contribution in [0, 0.1) is 0 Å². The predicted octanol–water partition coefficient (Wildman–Crippen LogP) is 1.30. The van der Waals surface area contributed by atoms with Crippen molar-refractivity contribution in [2.24, 2.45) is 0 Å². The van der Waals surface area contributed by atoms with E-state index in [0.717, 1.165) is 35.3 Å². The number of rotatable bonds is 2. The smallest absolute Gasteiger partial charge is 0.268 e. The quantitative estimate of drug-likeness (QED) is 0.893. The topological polar surface area (TPSA) is 71.4 Å². The Morgan fingerprint density at radius 1 is 1.37 bits per heavy atom. The van der Waals surface area contributed by atoms with Gasteiger partial charge in [-0.2, -0.15) is 4.98 Å². The first kappa shape index (κ1) is 12.6. The van der Waals surface area contributed by atoms with Crippen LogP contribution >= 0.6 is 11.3 Å². The zero-order valence-electron chi connectivity index (χ0n) is 11.0. The van der Waals surface area contributed by atoms with Crippen LogP contribution in [0.25, 0.3) is 10.8 Å². The molecule has 1 aliphatic rings. The average Bonchev–Trinajstić information content (AvgIpc) is 3.00. The number of anilines is 1. The van der Waals surface area contributed by atoms with Crippen LogP contribution in [-0.2, 0) is 0 Å². The summed E-state index contributed by atoms with van der Waals surface area (Å²) < 4.78 is 5.35. The highest BCUT2D eigenvalue weighted by Crippen LogP contribution is 2.30. The van der Waals surface area contributed by atoms with Crippen molar-refractivity contribution in [3.8, 4) is 10.8 Å². The van der Waals surface area contributed by atoms with Gasteiger partial charge in [-0.05, 0) is 26.2 Å². The number of nitrogen functional groups attached to an aromatic ring is 1. The molecule has 1 aliphatic heterocycles. The third-order valence-corrected chi connectivity index (χ3v) is 4.33. The van der Waals surface area contributed by atoms with Gasteiger partial charge in [-0.1, -0.05) is 5.16 Å². The molecule has 2 aromatic rings. The zero-order chi connectivity index (χ0) is 13.4. The van der Waals surface area contributed by atoms with E-state index in [4.69, 9.17) is 10.3 Å². The fourth-order valence-corrected chi connectivity index (χ4v) is 2.92. The second kappa shape index (κ2) is 4.92. The highest BCUT2D eigenvalue weighted by Gasteiger charge is 2.28. The molecule has 3 rings (SSSR count). The van der Waals surface area contributed by atoms with Crippen molar-refractivity contribution in [1.82, 2.24) is 19.9 Å². The van der Waals surface area contributed by atoms with Gasteiger partial charge in [-0.3, -0.25) is 4.90 Å². The Bertz CT molecular complexity index is 566. The van der Waals surface area contributed by atoms with Crippen molar-refractivity contribution in [2.75, 3.05) is 39.5 Å². The number of hydrogen-bond acceptors (Lipinski definition) is 7. The number of likely N-dealkylation sites (N-methyl/N-ethyl adjacent to an activating group) is 2. The lowest BCUT2D eigenvalue weighted by Gasteiger charge is -2.35. The van der Waals surface area contributed by atoms with Crippen LogP contribution in [0.1, 0.15) is 11.9 Å². The van der Waals surface area contributed by atoms with Crippen LogP contribution in [0.5, 0.6) is 0 Å². The summed E-state index contributed by atoms with van der Waals surface area (Å²) in [5.74, 6) is 1.30. The molecule has 0 amide bonds. The van der Waals surface area contributed by atoms with Gasteiger partial charge in [0.1, 0.15) is 0 Å². The maximum atomic E-state index is 5.72. The molecule has 1 saturated heterocycles. The number of aromatic nitrogens is 2. The molecular weight excluding hydrogens is 262 g/mol. The van der Waals surface area contributed by atoms with Gasteiger partial charge < -0.3 is 15.2 Å². The lowest BCUT2D eigenvalue weighted by Crippen LogP contribution is -2.45. The fourth-order valence-electron chi connectivity index (χ4n) is 2.23. The molecule has 19 heavy (non-hydrogen) atoms. The summed E-state index contributed by atoms with van der Waals surface area (Å²) in [6.07, 6.45) is 0. The second-order valence-corrected chi connectivity index (χ2v) is 6.03. The maximum absolute atomic E-state index is 5.72. The molecule has 1 unspecified atom stereocenters. The number of nitrogens with two attached hydrogens (primary N) is 1. The molecule has 3 heterocycles. The molecule has 0 bridgehead atoms. The summed E-state index contributed by atoms with van der Waals surface area (Å²) in [5, 5.41) is 4.88. The van der Waals surface area contributed by atoms with Crippen LogP contribution in [0.4, 0.5) is 5.00 Å². The maximum Gasteiger partial charge on any atom is 0.268 e. The Morgan fingerprint density at radius 3 is 2.95 bits per heavy atom. The summed E-state index contributed by atoms with van der Waals surface area (Å²) in [6, 6.07) is 3.95. The largest absolute Gasteiger partial charge is 0.391 e. The standard InChI is InChI=1S/C12H17N5OS/c1-16-5-6-17(2)8(7-16)11-14-12(18-15-11)9-3-4-10(13)19-9/h3-4,8H,5-7,13H2,1-2H3. The van der Waals surface area contributed by atoms with Gasteiger partial charge in [0, 0.05) is 19.6 Å². The van der Waals surface area contributed by atoms with Crippen LogP contribution in [-0.4, -0.2) is 53.7 Å². The Morgan fingerprint density at radius 2 is 2.21 bits per heavy atom. The number of thiophene rings is 1. The first-order valence-corrected chi connectivity index (χ1v) is 7.03. The van der Waals surface area contributed by atoms with E-state index >= 15 is 0 Å². The Kier molecular flexibility index (Phi) is 3.26. The van der Waals surface area contributed by atoms with Gasteiger partial charge in [-0.15, -0.1) is 11.3 Å². The van der Waals surface area contributed by atoms with Crippen LogP contribution < -0.4 is 5.73 Å². The van der Waals surface area contributed by atoms with Crippen molar-refractivity contribution < 1.29 is 4.52 Å². The number of nitrogens with zero attached hydrogens (tertiary/aromatic N) is 4. The normalized spacial score (nSPS) is 21.9. The molecule has 1 fully saturated rings. The van der Waals surface area contributed by atoms with Gasteiger partial charge >= 0.3 is 0 Å². The first-order chi connectivity index (χ1) is 9.13. The van der Waals surface area contributed by atoms with Crippen molar-refractivity contribution >= 4 is 16.3 Å². The van der Waals surface area contributed by atoms with E-state index in [0.29, 0.717) is 5.89 Å². The minimum atomic E-state index is 0.188. The van der Waals surface area contributed by atoms with Crippen LogP contribution in [0.15, 0.2) is 16.7 Å². The molecule has 7 heteroatoms. The molecule has 0 radical (unpaired) electrons. The minimum absolute atomic E-state index is 0.188. The Balaban J connectivity index is 1.84. The minimum Gasteiger partial charge on any atom is -0.391 e. The molecule has 0 spiro atoms. The molecular formula is C12H17N5OS. The molecule has 6 nitrogen and oxygen atoms in total. The first-order valence-electron chi connectivity index (χ1n) is 6.21. The lowest BCUT2D eigenvalue weighted by molar-refractivity contribution is 0.108. The van der Waals surface area contributed by atoms with E-state index in [9.17, 15) is 0 Å². The average molecular weight is 279 g/mol. The molecule has 2 aromatic heterocycles. The van der Waals surface area contributed by atoms with Gasteiger partial charge in [0.25, 0.3) is 5.89 Å². The van der Waals surface area contributed by atoms with Gasteiger partial charge in [-0.25, -0.2) is 0 Å². The van der Waals surface area contributed by atoms with Crippen molar-refractivity contribution in [3.63, 3.8) is 0 Å². The highest BCUT2D eigenvalue weighted by molar-refractivity contribution is 7.19. The fraction of sp³-hybridized carbons (Fsp3) is 0.500. The summed E-state index contributed by atoms with van der Waals surface area (Å²) in [4.78, 5) is 9.97. The SMILES string of the molecule is CN1CCN(C)C(c2noc(-c3ccc(N)s3)n2)C1. The van der Waals surface area contributed by atoms with Gasteiger partial charge in [0.05, 0.1) is 15.9 Å². The van der Waals surface area contributed by atoms with Crippen LogP contribution in [0.3, 0.4) is 0 Å². The van der Waals surface area contributed by atoms with E-state index in [1.807, 2.05) is 12.1 Å².